The molecule has 8 heteroatoms. The van der Waals surface area contributed by atoms with Crippen LogP contribution in [0.25, 0.3) is 0 Å². The monoisotopic (exact) mass is 543 g/mol. The minimum atomic E-state index is -0.0322. The summed E-state index contributed by atoms with van der Waals surface area (Å²) in [7, 11) is 0. The van der Waals surface area contributed by atoms with Gasteiger partial charge in [-0.3, -0.25) is 9.59 Å². The Morgan fingerprint density at radius 2 is 1.87 bits per heavy atom. The molecule has 0 saturated carbocycles. The Morgan fingerprint density at radius 3 is 2.48 bits per heavy atom. The molecule has 1 fully saturated rings. The molecule has 1 heterocycles. The number of hydrogen-bond acceptors (Lipinski definition) is 3. The van der Waals surface area contributed by atoms with Gasteiger partial charge in [0, 0.05) is 43.7 Å². The first-order valence-electron chi connectivity index (χ1n) is 11.1. The van der Waals surface area contributed by atoms with E-state index < -0.39 is 0 Å². The van der Waals surface area contributed by atoms with Crippen molar-refractivity contribution in [3.63, 3.8) is 0 Å². The van der Waals surface area contributed by atoms with Crippen molar-refractivity contribution >= 4 is 41.8 Å². The van der Waals surface area contributed by atoms with Gasteiger partial charge in [-0.05, 0) is 37.5 Å². The van der Waals surface area contributed by atoms with Gasteiger partial charge in [-0.1, -0.05) is 39.3 Å². The van der Waals surface area contributed by atoms with Crippen LogP contribution in [0.1, 0.15) is 62.9 Å². The highest BCUT2D eigenvalue weighted by molar-refractivity contribution is 14.0. The normalized spacial score (nSPS) is 16.1. The van der Waals surface area contributed by atoms with Gasteiger partial charge in [0.1, 0.15) is 0 Å². The topological polar surface area (TPSA) is 85.8 Å². The average Bonchev–Trinajstić information content (AvgIpc) is 3.20. The Morgan fingerprint density at radius 1 is 1.16 bits per heavy atom. The van der Waals surface area contributed by atoms with Gasteiger partial charge in [-0.25, -0.2) is 4.99 Å². The summed E-state index contributed by atoms with van der Waals surface area (Å²) in [6.45, 7) is 11.5. The smallest absolute Gasteiger partial charge is 0.251 e. The summed E-state index contributed by atoms with van der Waals surface area (Å²) < 4.78 is 0. The van der Waals surface area contributed by atoms with Crippen molar-refractivity contribution in [3.05, 3.63) is 35.4 Å². The number of rotatable bonds is 9. The molecular weight excluding hydrogens is 505 g/mol. The molecule has 31 heavy (non-hydrogen) atoms. The highest BCUT2D eigenvalue weighted by Gasteiger charge is 2.27. The number of unbranched alkanes of at least 4 members (excludes halogenated alkanes) is 1. The minimum absolute atomic E-state index is 0. The number of likely N-dealkylation sites (tertiary alicyclic amines) is 1. The second-order valence-electron chi connectivity index (χ2n) is 8.07. The predicted molar refractivity (Wildman–Crippen MR) is 137 cm³/mol. The zero-order chi connectivity index (χ0) is 21.9. The van der Waals surface area contributed by atoms with Crippen molar-refractivity contribution in [1.29, 1.82) is 0 Å². The second kappa shape index (κ2) is 14.3. The van der Waals surface area contributed by atoms with Gasteiger partial charge < -0.3 is 20.9 Å². The van der Waals surface area contributed by atoms with Gasteiger partial charge in [0.2, 0.25) is 5.91 Å². The summed E-state index contributed by atoms with van der Waals surface area (Å²) in [6, 6.07) is 7.79. The van der Waals surface area contributed by atoms with Crippen LogP contribution in [-0.4, -0.2) is 54.9 Å². The zero-order valence-electron chi connectivity index (χ0n) is 19.2. The third-order valence-electron chi connectivity index (χ3n) is 5.13. The lowest BCUT2D eigenvalue weighted by atomic mass is 10.1. The van der Waals surface area contributed by atoms with Crippen molar-refractivity contribution in [2.75, 3.05) is 26.2 Å². The van der Waals surface area contributed by atoms with E-state index in [9.17, 15) is 9.59 Å². The van der Waals surface area contributed by atoms with E-state index in [1.165, 1.54) is 0 Å². The molecule has 1 aliphatic rings. The summed E-state index contributed by atoms with van der Waals surface area (Å²) in [5.41, 5.74) is 1.71. The van der Waals surface area contributed by atoms with E-state index in [4.69, 9.17) is 0 Å². The number of nitrogens with zero attached hydrogens (tertiary/aromatic N) is 2. The van der Waals surface area contributed by atoms with Crippen molar-refractivity contribution in [1.82, 2.24) is 20.9 Å². The lowest BCUT2D eigenvalue weighted by molar-refractivity contribution is -0.133. The van der Waals surface area contributed by atoms with Gasteiger partial charge in [-0.15, -0.1) is 24.0 Å². The molecule has 0 bridgehead atoms. The number of aliphatic imine (C=N–C) groups is 1. The fourth-order valence-corrected chi connectivity index (χ4v) is 3.37. The molecule has 0 aromatic heterocycles. The lowest BCUT2D eigenvalue weighted by Crippen LogP contribution is -2.45. The van der Waals surface area contributed by atoms with Crippen LogP contribution in [0.5, 0.6) is 0 Å². The Labute approximate surface area is 203 Å². The van der Waals surface area contributed by atoms with Crippen molar-refractivity contribution in [2.24, 2.45) is 10.9 Å². The number of guanidine groups is 1. The van der Waals surface area contributed by atoms with Crippen LogP contribution in [0.15, 0.2) is 29.3 Å². The van der Waals surface area contributed by atoms with Crippen LogP contribution in [0.4, 0.5) is 0 Å². The quantitative estimate of drug-likeness (QED) is 0.193. The lowest BCUT2D eigenvalue weighted by Gasteiger charge is -2.20. The van der Waals surface area contributed by atoms with Gasteiger partial charge in [-0.2, -0.15) is 0 Å². The summed E-state index contributed by atoms with van der Waals surface area (Å²) >= 11 is 0. The number of benzene rings is 1. The van der Waals surface area contributed by atoms with E-state index >= 15 is 0 Å². The Hall–Kier alpha value is -1.84. The molecule has 1 atom stereocenters. The molecule has 2 rings (SSSR count). The molecule has 1 aliphatic heterocycles. The number of hydrogen-bond donors (Lipinski definition) is 3. The SMILES string of the molecule is CCCCNC(=O)c1ccc(CN=C(NCC)NC2CCN(C(=O)C(C)C)C2)cc1.I. The standard InChI is InChI=1S/C23H37N5O2.HI/c1-5-7-13-25-21(29)19-10-8-18(9-11-19)15-26-23(24-6-2)27-20-12-14-28(16-20)22(30)17(3)4;/h8-11,17,20H,5-7,12-16H2,1-4H3,(H,25,29)(H2,24,26,27);1H. The summed E-state index contributed by atoms with van der Waals surface area (Å²) in [4.78, 5) is 30.9. The maximum Gasteiger partial charge on any atom is 0.251 e. The Bertz CT molecular complexity index is 721. The van der Waals surface area contributed by atoms with E-state index in [-0.39, 0.29) is 47.8 Å². The van der Waals surface area contributed by atoms with Crippen LogP contribution < -0.4 is 16.0 Å². The highest BCUT2D eigenvalue weighted by Crippen LogP contribution is 2.13. The molecule has 3 N–H and O–H groups in total. The van der Waals surface area contributed by atoms with Crippen molar-refractivity contribution < 1.29 is 9.59 Å². The highest BCUT2D eigenvalue weighted by atomic mass is 127. The molecule has 2 amide bonds. The predicted octanol–water partition coefficient (Wildman–Crippen LogP) is 3.15. The third-order valence-corrected chi connectivity index (χ3v) is 5.13. The van der Waals surface area contributed by atoms with Crippen LogP contribution >= 0.6 is 24.0 Å². The summed E-state index contributed by atoms with van der Waals surface area (Å²) in [6.07, 6.45) is 2.97. The molecule has 7 nitrogen and oxygen atoms in total. The molecule has 1 unspecified atom stereocenters. The molecule has 0 radical (unpaired) electrons. The van der Waals surface area contributed by atoms with Crippen molar-refractivity contribution in [2.45, 2.75) is 59.5 Å². The molecule has 0 spiro atoms. The third kappa shape index (κ3) is 9.04. The molecule has 0 aliphatic carbocycles. The Balaban J connectivity index is 0.00000480. The summed E-state index contributed by atoms with van der Waals surface area (Å²) in [5, 5.41) is 9.66. The van der Waals surface area contributed by atoms with E-state index in [2.05, 4.69) is 27.9 Å². The van der Waals surface area contributed by atoms with Gasteiger partial charge >= 0.3 is 0 Å². The van der Waals surface area contributed by atoms with E-state index in [0.717, 1.165) is 43.9 Å². The number of halogens is 1. The van der Waals surface area contributed by atoms with Crippen LogP contribution in [0.3, 0.4) is 0 Å². The molecule has 1 aromatic rings. The average molecular weight is 543 g/mol. The largest absolute Gasteiger partial charge is 0.357 e. The van der Waals surface area contributed by atoms with Crippen molar-refractivity contribution in [3.8, 4) is 0 Å². The molecular formula is C23H38IN5O2. The van der Waals surface area contributed by atoms with Gasteiger partial charge in [0.15, 0.2) is 5.96 Å². The maximum atomic E-state index is 12.2. The van der Waals surface area contributed by atoms with Gasteiger partial charge in [0.05, 0.1) is 6.54 Å². The number of amides is 2. The van der Waals surface area contributed by atoms with Crippen LogP contribution in [-0.2, 0) is 11.3 Å². The van der Waals surface area contributed by atoms with E-state index in [1.54, 1.807) is 0 Å². The fourth-order valence-electron chi connectivity index (χ4n) is 3.37. The number of carbonyl (C=O) groups is 2. The second-order valence-corrected chi connectivity index (χ2v) is 8.07. The van der Waals surface area contributed by atoms with E-state index in [1.807, 2.05) is 49.9 Å². The minimum Gasteiger partial charge on any atom is -0.357 e. The molecule has 1 aromatic carbocycles. The number of carbonyl (C=O) groups excluding carboxylic acids is 2. The first-order valence-corrected chi connectivity index (χ1v) is 11.1. The van der Waals surface area contributed by atoms with E-state index in [0.29, 0.717) is 25.2 Å². The zero-order valence-corrected chi connectivity index (χ0v) is 21.6. The molecule has 1 saturated heterocycles. The van der Waals surface area contributed by atoms with Crippen LogP contribution in [0, 0.1) is 5.92 Å². The first kappa shape index (κ1) is 27.2. The summed E-state index contributed by atoms with van der Waals surface area (Å²) in [5.74, 6) is 0.959. The Kier molecular flexibility index (Phi) is 12.5. The van der Waals surface area contributed by atoms with Crippen LogP contribution in [0.2, 0.25) is 0 Å². The number of nitrogens with one attached hydrogen (secondary N) is 3. The van der Waals surface area contributed by atoms with Gasteiger partial charge in [0.25, 0.3) is 5.91 Å². The fraction of sp³-hybridized carbons (Fsp3) is 0.609. The first-order chi connectivity index (χ1) is 14.4. The maximum absolute atomic E-state index is 12.2. The molecule has 174 valence electrons.